The first-order chi connectivity index (χ1) is 11.9. The van der Waals surface area contributed by atoms with Crippen LogP contribution in [0.25, 0.3) is 0 Å². The number of rotatable bonds is 8. The molecule has 0 atom stereocenters. The molecular weight excluding hydrogens is 384 g/mol. The Hall–Kier alpha value is -2.34. The second-order valence-corrected chi connectivity index (χ2v) is 6.64. The fourth-order valence-electron chi connectivity index (χ4n) is 2.27. The molecule has 0 saturated heterocycles. The van der Waals surface area contributed by atoms with E-state index in [1.165, 1.54) is 6.20 Å². The van der Waals surface area contributed by atoms with Gasteiger partial charge in [0.25, 0.3) is 0 Å². The number of nitrogens with zero attached hydrogens (tertiary/aromatic N) is 2. The van der Waals surface area contributed by atoms with Gasteiger partial charge in [-0.2, -0.15) is 0 Å². The molecule has 1 heterocycles. The van der Waals surface area contributed by atoms with Crippen molar-refractivity contribution in [2.45, 2.75) is 20.4 Å². The maximum absolute atomic E-state index is 11.0. The summed E-state index contributed by atoms with van der Waals surface area (Å²) in [6.45, 7) is 9.60. The topological polar surface area (TPSA) is 62.7 Å². The van der Waals surface area contributed by atoms with E-state index in [0.29, 0.717) is 13.2 Å². The molecule has 0 aliphatic carbocycles. The molecule has 2 rings (SSSR count). The first kappa shape index (κ1) is 19.0. The highest BCUT2D eigenvalue weighted by molar-refractivity contribution is 9.10. The standard InChI is InChI=1S/C19H21BrN2O3/c1-4-22(18-8-5-14(10-21-18)19(23)24)11-15-9-16(20)6-7-17(15)25-12-13(2)3/h5-10H,2,4,11-12H2,1,3H3,(H,23,24). The Balaban J connectivity index is 2.24. The molecular formula is C19H21BrN2O3. The van der Waals surface area contributed by atoms with Crippen LogP contribution in [-0.2, 0) is 6.54 Å². The van der Waals surface area contributed by atoms with Crippen molar-refractivity contribution in [2.24, 2.45) is 0 Å². The molecule has 2 aromatic rings. The van der Waals surface area contributed by atoms with Crippen LogP contribution in [0.1, 0.15) is 29.8 Å². The lowest BCUT2D eigenvalue weighted by Gasteiger charge is -2.23. The number of carboxylic acid groups (broad SMARTS) is 1. The van der Waals surface area contributed by atoms with E-state index in [4.69, 9.17) is 9.84 Å². The van der Waals surface area contributed by atoms with Gasteiger partial charge in [-0.3, -0.25) is 0 Å². The first-order valence-corrected chi connectivity index (χ1v) is 8.70. The Morgan fingerprint density at radius 3 is 2.68 bits per heavy atom. The Labute approximate surface area is 156 Å². The van der Waals surface area contributed by atoms with Gasteiger partial charge in [0.15, 0.2) is 0 Å². The van der Waals surface area contributed by atoms with E-state index < -0.39 is 5.97 Å². The van der Waals surface area contributed by atoms with Crippen LogP contribution in [0.4, 0.5) is 5.82 Å². The molecule has 25 heavy (non-hydrogen) atoms. The number of aromatic nitrogens is 1. The van der Waals surface area contributed by atoms with Crippen LogP contribution in [0.2, 0.25) is 0 Å². The highest BCUT2D eigenvalue weighted by atomic mass is 79.9. The largest absolute Gasteiger partial charge is 0.489 e. The molecule has 0 aliphatic heterocycles. The highest BCUT2D eigenvalue weighted by Gasteiger charge is 2.13. The van der Waals surface area contributed by atoms with Crippen LogP contribution in [0.3, 0.4) is 0 Å². The zero-order valence-corrected chi connectivity index (χ0v) is 15.9. The number of hydrogen-bond donors (Lipinski definition) is 1. The van der Waals surface area contributed by atoms with Gasteiger partial charge in [0.05, 0.1) is 5.56 Å². The fraction of sp³-hybridized carbons (Fsp3) is 0.263. The predicted molar refractivity (Wildman–Crippen MR) is 102 cm³/mol. The molecule has 1 N–H and O–H groups in total. The van der Waals surface area contributed by atoms with E-state index in [9.17, 15) is 4.79 Å². The lowest BCUT2D eigenvalue weighted by molar-refractivity contribution is 0.0696. The Kier molecular flexibility index (Phi) is 6.58. The molecule has 6 heteroatoms. The molecule has 0 bridgehead atoms. The lowest BCUT2D eigenvalue weighted by atomic mass is 10.2. The van der Waals surface area contributed by atoms with Crippen LogP contribution in [0.5, 0.6) is 5.75 Å². The summed E-state index contributed by atoms with van der Waals surface area (Å²) in [4.78, 5) is 17.3. The van der Waals surface area contributed by atoms with Gasteiger partial charge in [0.1, 0.15) is 18.2 Å². The molecule has 0 radical (unpaired) electrons. The summed E-state index contributed by atoms with van der Waals surface area (Å²) in [6, 6.07) is 9.17. The zero-order valence-electron chi connectivity index (χ0n) is 14.3. The summed E-state index contributed by atoms with van der Waals surface area (Å²) in [5.41, 5.74) is 2.14. The second-order valence-electron chi connectivity index (χ2n) is 5.72. The molecule has 0 spiro atoms. The maximum atomic E-state index is 11.0. The van der Waals surface area contributed by atoms with Crippen molar-refractivity contribution in [1.82, 2.24) is 4.98 Å². The normalized spacial score (nSPS) is 10.4. The first-order valence-electron chi connectivity index (χ1n) is 7.90. The number of ether oxygens (including phenoxy) is 1. The van der Waals surface area contributed by atoms with Crippen molar-refractivity contribution in [3.05, 3.63) is 64.3 Å². The highest BCUT2D eigenvalue weighted by Crippen LogP contribution is 2.26. The van der Waals surface area contributed by atoms with Crippen molar-refractivity contribution >= 4 is 27.7 Å². The Morgan fingerprint density at radius 2 is 2.12 bits per heavy atom. The average molecular weight is 405 g/mol. The number of anilines is 1. The summed E-state index contributed by atoms with van der Waals surface area (Å²) >= 11 is 3.50. The minimum absolute atomic E-state index is 0.174. The maximum Gasteiger partial charge on any atom is 0.337 e. The third kappa shape index (κ3) is 5.32. The van der Waals surface area contributed by atoms with Gasteiger partial charge in [-0.25, -0.2) is 9.78 Å². The molecule has 0 fully saturated rings. The monoisotopic (exact) mass is 404 g/mol. The SMILES string of the molecule is C=C(C)COc1ccc(Br)cc1CN(CC)c1ccc(C(=O)O)cn1. The number of halogens is 1. The van der Waals surface area contributed by atoms with Crippen LogP contribution in [-0.4, -0.2) is 29.2 Å². The van der Waals surface area contributed by atoms with Crippen molar-refractivity contribution < 1.29 is 14.6 Å². The number of hydrogen-bond acceptors (Lipinski definition) is 4. The van der Waals surface area contributed by atoms with Gasteiger partial charge >= 0.3 is 5.97 Å². The Bertz CT molecular complexity index is 760. The smallest absolute Gasteiger partial charge is 0.337 e. The number of carboxylic acids is 1. The van der Waals surface area contributed by atoms with Crippen LogP contribution in [0, 0.1) is 0 Å². The average Bonchev–Trinajstić information content (AvgIpc) is 2.58. The number of carbonyl (C=O) groups is 1. The number of aromatic carboxylic acids is 1. The van der Waals surface area contributed by atoms with Gasteiger partial charge in [0.2, 0.25) is 0 Å². The van der Waals surface area contributed by atoms with E-state index in [1.54, 1.807) is 12.1 Å². The summed E-state index contributed by atoms with van der Waals surface area (Å²) < 4.78 is 6.81. The quantitative estimate of drug-likeness (QED) is 0.655. The zero-order chi connectivity index (χ0) is 18.4. The van der Waals surface area contributed by atoms with Crippen LogP contribution >= 0.6 is 15.9 Å². The van der Waals surface area contributed by atoms with Gasteiger partial charge in [-0.05, 0) is 49.8 Å². The Morgan fingerprint density at radius 1 is 1.36 bits per heavy atom. The summed E-state index contributed by atoms with van der Waals surface area (Å²) in [5.74, 6) is 0.537. The van der Waals surface area contributed by atoms with Crippen molar-refractivity contribution in [3.8, 4) is 5.75 Å². The van der Waals surface area contributed by atoms with Gasteiger partial charge < -0.3 is 14.7 Å². The lowest BCUT2D eigenvalue weighted by Crippen LogP contribution is -2.23. The molecule has 0 unspecified atom stereocenters. The van der Waals surface area contributed by atoms with Crippen LogP contribution in [0.15, 0.2) is 53.2 Å². The number of benzene rings is 1. The molecule has 0 saturated carbocycles. The van der Waals surface area contributed by atoms with Crippen LogP contribution < -0.4 is 9.64 Å². The minimum Gasteiger partial charge on any atom is -0.489 e. The third-order valence-corrected chi connectivity index (χ3v) is 4.05. The third-order valence-electron chi connectivity index (χ3n) is 3.56. The van der Waals surface area contributed by atoms with Gasteiger partial charge in [-0.1, -0.05) is 22.5 Å². The molecule has 1 aromatic carbocycles. The summed E-state index contributed by atoms with van der Waals surface area (Å²) in [7, 11) is 0. The van der Waals surface area contributed by atoms with E-state index >= 15 is 0 Å². The van der Waals surface area contributed by atoms with E-state index in [0.717, 1.165) is 33.7 Å². The molecule has 5 nitrogen and oxygen atoms in total. The van der Waals surface area contributed by atoms with Gasteiger partial charge in [-0.15, -0.1) is 0 Å². The molecule has 1 aromatic heterocycles. The summed E-state index contributed by atoms with van der Waals surface area (Å²) in [5, 5.41) is 9.00. The second kappa shape index (κ2) is 8.67. The van der Waals surface area contributed by atoms with Gasteiger partial charge in [0, 0.05) is 29.3 Å². The van der Waals surface area contributed by atoms with Crippen molar-refractivity contribution in [1.29, 1.82) is 0 Å². The number of pyridine rings is 1. The fourth-order valence-corrected chi connectivity index (χ4v) is 2.68. The minimum atomic E-state index is -0.982. The van der Waals surface area contributed by atoms with Crippen molar-refractivity contribution in [3.63, 3.8) is 0 Å². The van der Waals surface area contributed by atoms with E-state index in [2.05, 4.69) is 32.4 Å². The predicted octanol–water partition coefficient (Wildman–Crippen LogP) is 4.52. The van der Waals surface area contributed by atoms with E-state index in [1.807, 2.05) is 32.0 Å². The molecule has 0 amide bonds. The molecule has 132 valence electrons. The summed E-state index contributed by atoms with van der Waals surface area (Å²) in [6.07, 6.45) is 1.37. The molecule has 0 aliphatic rings. The van der Waals surface area contributed by atoms with E-state index in [-0.39, 0.29) is 5.56 Å². The van der Waals surface area contributed by atoms with Crippen molar-refractivity contribution in [2.75, 3.05) is 18.1 Å².